The van der Waals surface area contributed by atoms with Gasteiger partial charge in [-0.15, -0.1) is 11.3 Å². The van der Waals surface area contributed by atoms with Crippen LogP contribution in [0.3, 0.4) is 0 Å². The fourth-order valence-corrected chi connectivity index (χ4v) is 13.2. The number of amides is 4. The Hall–Kier alpha value is -5.74. The van der Waals surface area contributed by atoms with Gasteiger partial charge in [-0.3, -0.25) is 28.8 Å². The summed E-state index contributed by atoms with van der Waals surface area (Å²) >= 11 is 15.2. The lowest BCUT2D eigenvalue weighted by atomic mass is 9.51. The predicted molar refractivity (Wildman–Crippen MR) is 266 cm³/mol. The van der Waals surface area contributed by atoms with E-state index in [1.54, 1.807) is 61.6 Å². The first-order valence-corrected chi connectivity index (χ1v) is 24.3. The van der Waals surface area contributed by atoms with Gasteiger partial charge in [0.1, 0.15) is 23.0 Å². The molecule has 1 N–H and O–H groups in total. The third-order valence-corrected chi connectivity index (χ3v) is 17.9. The molecule has 4 aromatic carbocycles. The molecule has 4 heterocycles. The second kappa shape index (κ2) is 16.8. The summed E-state index contributed by atoms with van der Waals surface area (Å²) in [7, 11) is 6.36. The van der Waals surface area contributed by atoms with Crippen molar-refractivity contribution in [2.24, 2.45) is 36.1 Å². The number of rotatable bonds is 9. The van der Waals surface area contributed by atoms with Crippen LogP contribution in [0.25, 0.3) is 32.8 Å². The van der Waals surface area contributed by atoms with Crippen LogP contribution in [0.4, 0.5) is 11.5 Å². The van der Waals surface area contributed by atoms with Crippen LogP contribution in [0.15, 0.2) is 93.4 Å². The molecule has 12 nitrogen and oxygen atoms in total. The molecule has 2 aliphatic carbocycles. The minimum atomic E-state index is -1.38. The van der Waals surface area contributed by atoms with Crippen molar-refractivity contribution in [3.05, 3.63) is 121 Å². The zero-order valence-electron chi connectivity index (χ0n) is 37.1. The van der Waals surface area contributed by atoms with E-state index in [1.807, 2.05) is 80.6 Å². The lowest BCUT2D eigenvalue weighted by Gasteiger charge is -2.49. The molecule has 1 saturated carbocycles. The number of aromatic nitrogens is 2. The van der Waals surface area contributed by atoms with E-state index in [9.17, 15) is 14.7 Å². The third-order valence-electron chi connectivity index (χ3n) is 14.2. The number of halogens is 3. The summed E-state index contributed by atoms with van der Waals surface area (Å²) in [6.07, 6.45) is 6.22. The highest BCUT2D eigenvalue weighted by Crippen LogP contribution is 2.65. The number of phenols is 1. The Morgan fingerprint density at radius 1 is 0.851 bits per heavy atom. The predicted octanol–water partition coefficient (Wildman–Crippen LogP) is 11.1. The smallest absolute Gasteiger partial charge is 0.242 e. The van der Waals surface area contributed by atoms with Gasteiger partial charge in [-0.05, 0) is 141 Å². The molecule has 0 bridgehead atoms. The lowest BCUT2D eigenvalue weighted by molar-refractivity contribution is -0.131. The maximum absolute atomic E-state index is 15.5. The number of fused-ring (bicyclic) bond motifs is 5. The van der Waals surface area contributed by atoms with Crippen molar-refractivity contribution in [3.8, 4) is 33.6 Å². The van der Waals surface area contributed by atoms with E-state index >= 15 is 9.59 Å². The first-order chi connectivity index (χ1) is 32.1. The molecule has 2 aromatic heterocycles. The number of ether oxygens (including phenoxy) is 3. The summed E-state index contributed by atoms with van der Waals surface area (Å²) in [6, 6.07) is 21.9. The van der Waals surface area contributed by atoms with Crippen molar-refractivity contribution in [2.45, 2.75) is 32.6 Å². The molecule has 342 valence electrons. The number of imide groups is 2. The standard InChI is InChI=1S/C51H43Br2ClN4O8S/c1-24-32-20-27(54)11-18-39(32)67-46(24)36-23-40(56(3)55-36)58-48(61)35-21-33-30(42(51(35,2)50(58)63)34-22-38(66-6)45(59)44(53)43(34)52)15-16-31-41(33)49(62)57(47(31)60)28-12-8-25(9-13-28)7-10-26-19-29(64-4)14-17-37(26)65-5/h7-15,17-20,22-23,31,33,35,41-42,59H,16,21H2,1-6H3/t31-,33+,35-,41-,42+,51+/m0/s1. The van der Waals surface area contributed by atoms with Crippen LogP contribution in [0.5, 0.6) is 23.0 Å². The van der Waals surface area contributed by atoms with Crippen LogP contribution in [0.2, 0.25) is 5.02 Å². The van der Waals surface area contributed by atoms with Gasteiger partial charge in [0.05, 0.1) is 59.5 Å². The van der Waals surface area contributed by atoms with Gasteiger partial charge in [-0.25, -0.2) is 4.90 Å². The average molecular weight is 1070 g/mol. The molecule has 4 amide bonds. The van der Waals surface area contributed by atoms with Crippen LogP contribution in [0, 0.1) is 36.0 Å². The first-order valence-electron chi connectivity index (χ1n) is 21.5. The van der Waals surface area contributed by atoms with E-state index in [2.05, 4.69) is 31.9 Å². The van der Waals surface area contributed by atoms with E-state index in [1.165, 1.54) is 16.9 Å². The maximum atomic E-state index is 15.5. The Balaban J connectivity index is 1.03. The van der Waals surface area contributed by atoms with Gasteiger partial charge in [0, 0.05) is 38.8 Å². The molecule has 2 saturated heterocycles. The average Bonchev–Trinajstić information content (AvgIpc) is 4.00. The minimum absolute atomic E-state index is 0.143. The van der Waals surface area contributed by atoms with E-state index in [0.29, 0.717) is 48.2 Å². The van der Waals surface area contributed by atoms with Crippen molar-refractivity contribution >= 4 is 112 Å². The van der Waals surface area contributed by atoms with Crippen molar-refractivity contribution in [3.63, 3.8) is 0 Å². The second-order valence-corrected chi connectivity index (χ2v) is 20.6. The van der Waals surface area contributed by atoms with E-state index in [4.69, 9.17) is 30.9 Å². The van der Waals surface area contributed by atoms with Crippen LogP contribution < -0.4 is 24.0 Å². The monoisotopic (exact) mass is 1060 g/mol. The summed E-state index contributed by atoms with van der Waals surface area (Å²) in [6.45, 7) is 3.82. The fourth-order valence-electron chi connectivity index (χ4n) is 10.9. The molecule has 2 aliphatic heterocycles. The van der Waals surface area contributed by atoms with Gasteiger partial charge in [-0.2, -0.15) is 5.10 Å². The molecule has 0 unspecified atom stereocenters. The number of carbonyl (C=O) groups excluding carboxylic acids is 4. The highest BCUT2D eigenvalue weighted by Gasteiger charge is 2.68. The highest BCUT2D eigenvalue weighted by atomic mass is 79.9. The Bertz CT molecular complexity index is 3180. The van der Waals surface area contributed by atoms with Crippen molar-refractivity contribution in [1.29, 1.82) is 0 Å². The number of phenolic OH excluding ortho intramolecular Hbond substituents is 1. The molecule has 16 heteroatoms. The topological polar surface area (TPSA) is 140 Å². The Labute approximate surface area is 412 Å². The molecular formula is C51H43Br2ClN4O8S. The quantitative estimate of drug-likeness (QED) is 0.0851. The van der Waals surface area contributed by atoms with E-state index in [0.717, 1.165) is 37.2 Å². The molecule has 6 atom stereocenters. The molecule has 10 rings (SSSR count). The summed E-state index contributed by atoms with van der Waals surface area (Å²) < 4.78 is 19.9. The number of anilines is 2. The number of allylic oxidation sites excluding steroid dienone is 2. The van der Waals surface area contributed by atoms with Crippen LogP contribution in [0.1, 0.15) is 47.9 Å². The SMILES string of the molecule is COc1ccc(OC)c(C=Cc2ccc(N3C(=O)[C@H]4[C@H](CC=C5[C@H]4C[C@H]4C(=O)N(c6cc(-c7sc8ccc(Cl)cc8c7C)nn6C)C(=O)[C@@]4(C)[C@H]5c4cc(OC)c(O)c(Br)c4Br)C3=O)cc2)c1. The number of thiophene rings is 1. The van der Waals surface area contributed by atoms with Crippen molar-refractivity contribution < 1.29 is 38.5 Å². The van der Waals surface area contributed by atoms with Gasteiger partial charge in [0.2, 0.25) is 23.6 Å². The zero-order valence-corrected chi connectivity index (χ0v) is 41.8. The Morgan fingerprint density at radius 2 is 1.60 bits per heavy atom. The highest BCUT2D eigenvalue weighted by molar-refractivity contribution is 9.13. The summed E-state index contributed by atoms with van der Waals surface area (Å²) in [5.74, 6) is -3.58. The number of carbonyl (C=O) groups is 4. The van der Waals surface area contributed by atoms with Crippen LogP contribution in [-0.4, -0.2) is 59.8 Å². The largest absolute Gasteiger partial charge is 0.503 e. The molecule has 3 fully saturated rings. The van der Waals surface area contributed by atoms with E-state index in [-0.39, 0.29) is 36.2 Å². The number of hydrogen-bond acceptors (Lipinski definition) is 10. The number of aromatic hydroxyl groups is 1. The van der Waals surface area contributed by atoms with E-state index < -0.39 is 46.8 Å². The normalized spacial score (nSPS) is 23.5. The molecule has 0 spiro atoms. The van der Waals surface area contributed by atoms with Gasteiger partial charge in [0.15, 0.2) is 11.5 Å². The number of hydrogen-bond donors (Lipinski definition) is 1. The molecule has 67 heavy (non-hydrogen) atoms. The molecule has 6 aromatic rings. The molecule has 0 radical (unpaired) electrons. The fraction of sp³-hybridized carbons (Fsp3) is 0.275. The second-order valence-electron chi connectivity index (χ2n) is 17.6. The Morgan fingerprint density at radius 3 is 2.31 bits per heavy atom. The number of benzene rings is 4. The molecular weight excluding hydrogens is 1020 g/mol. The van der Waals surface area contributed by atoms with Gasteiger partial charge in [-0.1, -0.05) is 47.5 Å². The lowest BCUT2D eigenvalue weighted by Crippen LogP contribution is -2.49. The van der Waals surface area contributed by atoms with Crippen LogP contribution >= 0.6 is 54.8 Å². The van der Waals surface area contributed by atoms with Crippen LogP contribution in [-0.2, 0) is 26.2 Å². The van der Waals surface area contributed by atoms with Gasteiger partial charge in [0.25, 0.3) is 0 Å². The third kappa shape index (κ3) is 6.89. The van der Waals surface area contributed by atoms with Crippen molar-refractivity contribution in [2.75, 3.05) is 31.1 Å². The van der Waals surface area contributed by atoms with Crippen molar-refractivity contribution in [1.82, 2.24) is 9.78 Å². The number of nitrogens with zero attached hydrogens (tertiary/aromatic N) is 4. The summed E-state index contributed by atoms with van der Waals surface area (Å²) in [5.41, 5.74) is 3.67. The summed E-state index contributed by atoms with van der Waals surface area (Å²) in [4.78, 5) is 63.5. The number of methoxy groups -OCH3 is 3. The van der Waals surface area contributed by atoms with Gasteiger partial charge < -0.3 is 19.3 Å². The number of aryl methyl sites for hydroxylation is 2. The summed E-state index contributed by atoms with van der Waals surface area (Å²) in [5, 5.41) is 17.5. The minimum Gasteiger partial charge on any atom is -0.503 e. The molecule has 4 aliphatic rings. The Kier molecular flexibility index (Phi) is 11.3. The maximum Gasteiger partial charge on any atom is 0.242 e. The first kappa shape index (κ1) is 45.1. The van der Waals surface area contributed by atoms with Gasteiger partial charge >= 0.3 is 0 Å². The zero-order chi connectivity index (χ0) is 47.4.